The lowest BCUT2D eigenvalue weighted by molar-refractivity contribution is -0.905. The van der Waals surface area contributed by atoms with Crippen molar-refractivity contribution in [2.45, 2.75) is 18.4 Å². The van der Waals surface area contributed by atoms with Gasteiger partial charge in [-0.1, -0.05) is 0 Å². The standard InChI is InChI=1S/C7H14F2NO/c1-10(2)4-3-6(11)7(8,9)5-10/h6,11H,3-5H2,1-2H3/q+1. The van der Waals surface area contributed by atoms with E-state index in [1.807, 2.05) is 0 Å². The van der Waals surface area contributed by atoms with Gasteiger partial charge in [-0.05, 0) is 0 Å². The molecule has 0 amide bonds. The molecule has 0 aromatic carbocycles. The molecule has 2 nitrogen and oxygen atoms in total. The van der Waals surface area contributed by atoms with Crippen LogP contribution in [0.5, 0.6) is 0 Å². The van der Waals surface area contributed by atoms with Gasteiger partial charge >= 0.3 is 5.92 Å². The molecule has 0 saturated carbocycles. The van der Waals surface area contributed by atoms with Crippen LogP contribution in [-0.4, -0.2) is 48.8 Å². The molecule has 0 radical (unpaired) electrons. The van der Waals surface area contributed by atoms with Crippen molar-refractivity contribution in [1.29, 1.82) is 0 Å². The van der Waals surface area contributed by atoms with E-state index < -0.39 is 12.0 Å². The number of hydrogen-bond donors (Lipinski definition) is 1. The van der Waals surface area contributed by atoms with Crippen molar-refractivity contribution < 1.29 is 18.4 Å². The summed E-state index contributed by atoms with van der Waals surface area (Å²) in [6.07, 6.45) is -1.24. The molecular formula is C7H14F2NO+. The average molecular weight is 166 g/mol. The highest BCUT2D eigenvalue weighted by Gasteiger charge is 2.48. The van der Waals surface area contributed by atoms with Crippen LogP contribution >= 0.6 is 0 Å². The summed E-state index contributed by atoms with van der Waals surface area (Å²) in [5, 5.41) is 8.91. The molecule has 66 valence electrons. The molecule has 1 fully saturated rings. The van der Waals surface area contributed by atoms with E-state index in [-0.39, 0.29) is 13.0 Å². The zero-order valence-corrected chi connectivity index (χ0v) is 6.85. The van der Waals surface area contributed by atoms with Gasteiger partial charge in [0, 0.05) is 6.42 Å². The molecule has 1 saturated heterocycles. The Morgan fingerprint density at radius 1 is 1.45 bits per heavy atom. The quantitative estimate of drug-likeness (QED) is 0.518. The van der Waals surface area contributed by atoms with Gasteiger partial charge in [0.2, 0.25) is 0 Å². The van der Waals surface area contributed by atoms with Gasteiger partial charge < -0.3 is 9.59 Å². The summed E-state index contributed by atoms with van der Waals surface area (Å²) in [6.45, 7) is 0.366. The summed E-state index contributed by atoms with van der Waals surface area (Å²) in [7, 11) is 3.50. The number of likely N-dealkylation sites (tertiary alicyclic amines) is 1. The Morgan fingerprint density at radius 2 is 2.00 bits per heavy atom. The maximum atomic E-state index is 12.8. The highest BCUT2D eigenvalue weighted by molar-refractivity contribution is 4.79. The van der Waals surface area contributed by atoms with E-state index in [9.17, 15) is 8.78 Å². The minimum atomic E-state index is -2.90. The number of rotatable bonds is 0. The lowest BCUT2D eigenvalue weighted by atomic mass is 10.0. The summed E-state index contributed by atoms with van der Waals surface area (Å²) < 4.78 is 26.0. The van der Waals surface area contributed by atoms with Crippen molar-refractivity contribution in [2.75, 3.05) is 27.2 Å². The monoisotopic (exact) mass is 166 g/mol. The number of quaternary nitrogens is 1. The van der Waals surface area contributed by atoms with Gasteiger partial charge in [-0.2, -0.15) is 8.78 Å². The van der Waals surface area contributed by atoms with Crippen LogP contribution in [0, 0.1) is 0 Å². The summed E-state index contributed by atoms with van der Waals surface area (Å²) in [6, 6.07) is 0. The number of halogens is 2. The number of piperidine rings is 1. The number of nitrogens with zero attached hydrogens (tertiary/aromatic N) is 1. The Hall–Kier alpha value is -0.220. The van der Waals surface area contributed by atoms with Crippen molar-refractivity contribution in [2.24, 2.45) is 0 Å². The highest BCUT2D eigenvalue weighted by atomic mass is 19.3. The molecule has 0 bridgehead atoms. The Bertz CT molecular complexity index is 159. The molecule has 0 aliphatic carbocycles. The molecule has 1 heterocycles. The molecule has 1 unspecified atom stereocenters. The molecule has 1 aliphatic rings. The van der Waals surface area contributed by atoms with Gasteiger partial charge in [0.1, 0.15) is 12.6 Å². The molecule has 4 heteroatoms. The zero-order valence-electron chi connectivity index (χ0n) is 6.85. The molecule has 1 N–H and O–H groups in total. The average Bonchev–Trinajstić information content (AvgIpc) is 1.77. The number of aliphatic hydroxyl groups excluding tert-OH is 1. The number of alkyl halides is 2. The first-order valence-corrected chi connectivity index (χ1v) is 3.71. The Balaban J connectivity index is 2.67. The zero-order chi connectivity index (χ0) is 8.70. The third-order valence-corrected chi connectivity index (χ3v) is 2.13. The van der Waals surface area contributed by atoms with Crippen LogP contribution in [0.1, 0.15) is 6.42 Å². The number of hydrogen-bond acceptors (Lipinski definition) is 1. The van der Waals surface area contributed by atoms with Crippen molar-refractivity contribution in [1.82, 2.24) is 0 Å². The van der Waals surface area contributed by atoms with Crippen LogP contribution in [0.25, 0.3) is 0 Å². The van der Waals surface area contributed by atoms with Gasteiger partial charge in [0.25, 0.3) is 0 Å². The molecule has 1 atom stereocenters. The SMILES string of the molecule is C[N+]1(C)CCC(O)C(F)(F)C1. The molecule has 11 heavy (non-hydrogen) atoms. The van der Waals surface area contributed by atoms with E-state index in [4.69, 9.17) is 5.11 Å². The predicted octanol–water partition coefficient (Wildman–Crippen LogP) is 0.463. The molecule has 0 aromatic rings. The van der Waals surface area contributed by atoms with Crippen LogP contribution in [0.4, 0.5) is 8.78 Å². The van der Waals surface area contributed by atoms with Gasteiger partial charge in [0.15, 0.2) is 0 Å². The highest BCUT2D eigenvalue weighted by Crippen LogP contribution is 2.29. The summed E-state index contributed by atoms with van der Waals surface area (Å²) >= 11 is 0. The Labute approximate surface area is 65.0 Å². The van der Waals surface area contributed by atoms with E-state index in [2.05, 4.69) is 0 Å². The van der Waals surface area contributed by atoms with Gasteiger partial charge in [0.05, 0.1) is 20.6 Å². The van der Waals surface area contributed by atoms with Crippen molar-refractivity contribution in [3.05, 3.63) is 0 Å². The Kier molecular flexibility index (Phi) is 1.92. The molecule has 1 aliphatic heterocycles. The third-order valence-electron chi connectivity index (χ3n) is 2.13. The molecule has 1 rings (SSSR count). The van der Waals surface area contributed by atoms with Gasteiger partial charge in [-0.3, -0.25) is 0 Å². The van der Waals surface area contributed by atoms with E-state index in [1.165, 1.54) is 0 Å². The lowest BCUT2D eigenvalue weighted by Crippen LogP contribution is -2.58. The third kappa shape index (κ3) is 1.87. The first-order chi connectivity index (χ1) is 4.83. The maximum absolute atomic E-state index is 12.8. The first-order valence-electron chi connectivity index (χ1n) is 3.71. The van der Waals surface area contributed by atoms with E-state index in [0.29, 0.717) is 11.0 Å². The second-order valence-corrected chi connectivity index (χ2v) is 3.88. The fourth-order valence-electron chi connectivity index (χ4n) is 1.44. The van der Waals surface area contributed by atoms with Crippen LogP contribution in [-0.2, 0) is 0 Å². The predicted molar refractivity (Wildman–Crippen MR) is 37.4 cm³/mol. The summed E-state index contributed by atoms with van der Waals surface area (Å²) in [5.74, 6) is -2.90. The normalized spacial score (nSPS) is 35.2. The molecule has 0 aromatic heterocycles. The lowest BCUT2D eigenvalue weighted by Gasteiger charge is -2.40. The van der Waals surface area contributed by atoms with Crippen LogP contribution in [0.3, 0.4) is 0 Å². The van der Waals surface area contributed by atoms with Gasteiger partial charge in [-0.15, -0.1) is 0 Å². The molecular weight excluding hydrogens is 152 g/mol. The maximum Gasteiger partial charge on any atom is 0.321 e. The summed E-state index contributed by atoms with van der Waals surface area (Å²) in [4.78, 5) is 0. The first kappa shape index (κ1) is 8.87. The van der Waals surface area contributed by atoms with E-state index in [1.54, 1.807) is 14.1 Å². The van der Waals surface area contributed by atoms with E-state index >= 15 is 0 Å². The summed E-state index contributed by atoms with van der Waals surface area (Å²) in [5.41, 5.74) is 0. The van der Waals surface area contributed by atoms with Crippen molar-refractivity contribution in [3.8, 4) is 0 Å². The second-order valence-electron chi connectivity index (χ2n) is 3.88. The van der Waals surface area contributed by atoms with E-state index in [0.717, 1.165) is 0 Å². The minimum absolute atomic E-state index is 0.194. The second kappa shape index (κ2) is 2.38. The van der Waals surface area contributed by atoms with Gasteiger partial charge in [-0.25, -0.2) is 0 Å². The van der Waals surface area contributed by atoms with Crippen LogP contribution < -0.4 is 0 Å². The smallest absolute Gasteiger partial charge is 0.321 e. The fourth-order valence-corrected chi connectivity index (χ4v) is 1.44. The van der Waals surface area contributed by atoms with Crippen molar-refractivity contribution >= 4 is 0 Å². The minimum Gasteiger partial charge on any atom is -0.386 e. The molecule has 0 spiro atoms. The fraction of sp³-hybridized carbons (Fsp3) is 1.00. The topological polar surface area (TPSA) is 20.2 Å². The Morgan fingerprint density at radius 3 is 2.36 bits per heavy atom. The van der Waals surface area contributed by atoms with Crippen LogP contribution in [0.15, 0.2) is 0 Å². The van der Waals surface area contributed by atoms with Crippen LogP contribution in [0.2, 0.25) is 0 Å². The largest absolute Gasteiger partial charge is 0.386 e. The number of aliphatic hydroxyl groups is 1. The van der Waals surface area contributed by atoms with Crippen molar-refractivity contribution in [3.63, 3.8) is 0 Å².